The quantitative estimate of drug-likeness (QED) is 0.748. The highest BCUT2D eigenvalue weighted by molar-refractivity contribution is 5.95. The third kappa shape index (κ3) is 1.16. The van der Waals surface area contributed by atoms with Gasteiger partial charge in [-0.25, -0.2) is 4.79 Å². The number of nitrogens with zero attached hydrogens (tertiary/aromatic N) is 2. The van der Waals surface area contributed by atoms with Crippen LogP contribution in [0.4, 0.5) is 0 Å². The van der Waals surface area contributed by atoms with Crippen molar-refractivity contribution in [3.05, 3.63) is 47.8 Å². The second kappa shape index (κ2) is 3.61. The van der Waals surface area contributed by atoms with Gasteiger partial charge in [-0.05, 0) is 12.1 Å². The Balaban J connectivity index is 2.37. The number of hydrogen-bond donors (Lipinski definition) is 1. The average molecular weight is 241 g/mol. The van der Waals surface area contributed by atoms with Crippen LogP contribution in [0.1, 0.15) is 11.1 Å². The minimum Gasteiger partial charge on any atom is -0.467 e. The molecule has 2 aromatic heterocycles. The molecule has 1 aliphatic carbocycles. The van der Waals surface area contributed by atoms with Gasteiger partial charge in [-0.2, -0.15) is 0 Å². The number of esters is 1. The second-order valence-electron chi connectivity index (χ2n) is 4.10. The highest BCUT2D eigenvalue weighted by Crippen LogP contribution is 2.43. The molecule has 0 saturated heterocycles. The molecule has 2 N–H and O–H groups in total. The van der Waals surface area contributed by atoms with Gasteiger partial charge in [0.25, 0.3) is 0 Å². The molecule has 0 amide bonds. The van der Waals surface area contributed by atoms with Gasteiger partial charge in [0.1, 0.15) is 0 Å². The van der Waals surface area contributed by atoms with Crippen LogP contribution in [0.3, 0.4) is 0 Å². The van der Waals surface area contributed by atoms with E-state index in [4.69, 9.17) is 10.5 Å². The monoisotopic (exact) mass is 241 g/mol. The van der Waals surface area contributed by atoms with E-state index in [-0.39, 0.29) is 0 Å². The predicted octanol–water partition coefficient (Wildman–Crippen LogP) is 0.832. The summed E-state index contributed by atoms with van der Waals surface area (Å²) in [5, 5.41) is 0. The third-order valence-electron chi connectivity index (χ3n) is 3.20. The third-order valence-corrected chi connectivity index (χ3v) is 3.20. The number of methoxy groups -OCH3 is 1. The molecule has 0 spiro atoms. The molecule has 2 heterocycles. The van der Waals surface area contributed by atoms with E-state index in [9.17, 15) is 4.79 Å². The molecule has 0 unspecified atom stereocenters. The first kappa shape index (κ1) is 10.9. The molecular weight excluding hydrogens is 230 g/mol. The Bertz CT molecular complexity index is 594. The number of fused-ring (bicyclic) bond motifs is 3. The van der Waals surface area contributed by atoms with E-state index in [0.717, 1.165) is 0 Å². The van der Waals surface area contributed by atoms with Gasteiger partial charge >= 0.3 is 5.97 Å². The number of hydrogen-bond acceptors (Lipinski definition) is 5. The molecule has 90 valence electrons. The summed E-state index contributed by atoms with van der Waals surface area (Å²) < 4.78 is 4.83. The van der Waals surface area contributed by atoms with Gasteiger partial charge in [-0.3, -0.25) is 9.97 Å². The van der Waals surface area contributed by atoms with Crippen molar-refractivity contribution in [3.8, 4) is 11.4 Å². The molecule has 3 rings (SSSR count). The summed E-state index contributed by atoms with van der Waals surface area (Å²) in [5.74, 6) is -0.511. The molecule has 5 heteroatoms. The Morgan fingerprint density at radius 3 is 2.11 bits per heavy atom. The first-order valence-electron chi connectivity index (χ1n) is 5.48. The largest absolute Gasteiger partial charge is 0.467 e. The minimum atomic E-state index is -1.32. The molecule has 2 aromatic rings. The Hall–Kier alpha value is -2.27. The summed E-state index contributed by atoms with van der Waals surface area (Å²) in [6, 6.07) is 7.05. The summed E-state index contributed by atoms with van der Waals surface area (Å²) in [4.78, 5) is 20.6. The minimum absolute atomic E-state index is 0.511. The topological polar surface area (TPSA) is 78.1 Å². The first-order valence-corrected chi connectivity index (χ1v) is 5.48. The average Bonchev–Trinajstić information content (AvgIpc) is 2.70. The fraction of sp³-hybridized carbons (Fsp3) is 0.154. The van der Waals surface area contributed by atoms with Crippen LogP contribution in [0.5, 0.6) is 0 Å². The lowest BCUT2D eigenvalue weighted by Crippen LogP contribution is -2.45. The smallest absolute Gasteiger partial charge is 0.335 e. The van der Waals surface area contributed by atoms with Crippen molar-refractivity contribution in [1.82, 2.24) is 9.97 Å². The standard InChI is InChI=1S/C13H11N3O2/c1-18-12(17)13(14)8-4-2-6-15-10(8)11-9(13)5-3-7-16-11/h2-7H,14H2,1H3. The maximum absolute atomic E-state index is 12.1. The van der Waals surface area contributed by atoms with E-state index in [1.54, 1.807) is 36.7 Å². The van der Waals surface area contributed by atoms with Crippen LogP contribution in [0.15, 0.2) is 36.7 Å². The zero-order valence-electron chi connectivity index (χ0n) is 9.75. The molecular formula is C13H11N3O2. The van der Waals surface area contributed by atoms with Crippen LogP contribution < -0.4 is 5.73 Å². The van der Waals surface area contributed by atoms with E-state index in [2.05, 4.69) is 9.97 Å². The SMILES string of the molecule is COC(=O)C1(N)c2cccnc2-c2ncccc21. The van der Waals surface area contributed by atoms with E-state index in [1.165, 1.54) is 7.11 Å². The fourth-order valence-corrected chi connectivity index (χ4v) is 2.35. The van der Waals surface area contributed by atoms with Gasteiger partial charge in [-0.15, -0.1) is 0 Å². The van der Waals surface area contributed by atoms with Gasteiger partial charge in [-0.1, -0.05) is 12.1 Å². The van der Waals surface area contributed by atoms with Gasteiger partial charge in [0, 0.05) is 23.5 Å². The Labute approximate surface area is 104 Å². The molecule has 0 aromatic carbocycles. The number of aromatic nitrogens is 2. The van der Waals surface area contributed by atoms with Gasteiger partial charge in [0.15, 0.2) is 5.54 Å². The predicted molar refractivity (Wildman–Crippen MR) is 64.5 cm³/mol. The zero-order chi connectivity index (χ0) is 12.8. The molecule has 0 fully saturated rings. The lowest BCUT2D eigenvalue weighted by molar-refractivity contribution is -0.145. The van der Waals surface area contributed by atoms with Crippen LogP contribution in [-0.2, 0) is 15.1 Å². The van der Waals surface area contributed by atoms with Crippen LogP contribution in [0.25, 0.3) is 11.4 Å². The van der Waals surface area contributed by atoms with Crippen molar-refractivity contribution in [1.29, 1.82) is 0 Å². The lowest BCUT2D eigenvalue weighted by Gasteiger charge is -2.22. The molecule has 1 aliphatic rings. The van der Waals surface area contributed by atoms with Crippen molar-refractivity contribution in [2.75, 3.05) is 7.11 Å². The van der Waals surface area contributed by atoms with E-state index >= 15 is 0 Å². The normalized spacial score (nSPS) is 14.8. The molecule has 5 nitrogen and oxygen atoms in total. The maximum Gasteiger partial charge on any atom is 0.335 e. The van der Waals surface area contributed by atoms with Gasteiger partial charge in [0.2, 0.25) is 0 Å². The Kier molecular flexibility index (Phi) is 2.18. The number of pyridine rings is 2. The van der Waals surface area contributed by atoms with E-state index < -0.39 is 11.5 Å². The maximum atomic E-state index is 12.1. The van der Waals surface area contributed by atoms with Crippen molar-refractivity contribution in [2.24, 2.45) is 5.73 Å². The summed E-state index contributed by atoms with van der Waals surface area (Å²) in [5.41, 5.74) is 7.50. The van der Waals surface area contributed by atoms with E-state index in [0.29, 0.717) is 22.5 Å². The summed E-state index contributed by atoms with van der Waals surface area (Å²) in [7, 11) is 1.32. The zero-order valence-corrected chi connectivity index (χ0v) is 9.75. The molecule has 0 atom stereocenters. The van der Waals surface area contributed by atoms with Crippen molar-refractivity contribution < 1.29 is 9.53 Å². The summed E-state index contributed by atoms with van der Waals surface area (Å²) in [6.07, 6.45) is 3.31. The van der Waals surface area contributed by atoms with Gasteiger partial charge < -0.3 is 10.5 Å². The first-order chi connectivity index (χ1) is 8.69. The lowest BCUT2D eigenvalue weighted by atomic mass is 9.90. The van der Waals surface area contributed by atoms with Crippen LogP contribution in [-0.4, -0.2) is 23.0 Å². The van der Waals surface area contributed by atoms with Crippen molar-refractivity contribution in [2.45, 2.75) is 5.54 Å². The summed E-state index contributed by atoms with van der Waals surface area (Å²) in [6.45, 7) is 0. The highest BCUT2D eigenvalue weighted by atomic mass is 16.5. The molecule has 0 radical (unpaired) electrons. The highest BCUT2D eigenvalue weighted by Gasteiger charge is 2.48. The van der Waals surface area contributed by atoms with Crippen LogP contribution in [0.2, 0.25) is 0 Å². The number of nitrogens with two attached hydrogens (primary N) is 1. The molecule has 18 heavy (non-hydrogen) atoms. The van der Waals surface area contributed by atoms with Crippen LogP contribution in [0, 0.1) is 0 Å². The molecule has 0 saturated carbocycles. The second-order valence-corrected chi connectivity index (χ2v) is 4.10. The molecule has 0 bridgehead atoms. The number of rotatable bonds is 1. The Morgan fingerprint density at radius 1 is 1.17 bits per heavy atom. The van der Waals surface area contributed by atoms with Crippen molar-refractivity contribution >= 4 is 5.97 Å². The van der Waals surface area contributed by atoms with E-state index in [1.807, 2.05) is 0 Å². The number of ether oxygens (including phenoxy) is 1. The number of carbonyl (C=O) groups is 1. The van der Waals surface area contributed by atoms with Gasteiger partial charge in [0.05, 0.1) is 18.5 Å². The Morgan fingerprint density at radius 2 is 1.67 bits per heavy atom. The fourth-order valence-electron chi connectivity index (χ4n) is 2.35. The molecule has 0 aliphatic heterocycles. The van der Waals surface area contributed by atoms with Crippen LogP contribution >= 0.6 is 0 Å². The van der Waals surface area contributed by atoms with Crippen molar-refractivity contribution in [3.63, 3.8) is 0 Å². The summed E-state index contributed by atoms with van der Waals surface area (Å²) >= 11 is 0. The number of carbonyl (C=O) groups excluding carboxylic acids is 1.